The van der Waals surface area contributed by atoms with Crippen molar-refractivity contribution in [3.05, 3.63) is 0 Å². The summed E-state index contributed by atoms with van der Waals surface area (Å²) in [6, 6.07) is -4.33. The van der Waals surface area contributed by atoms with Crippen LogP contribution < -0.4 is 43.8 Å². The van der Waals surface area contributed by atoms with Crippen LogP contribution in [0, 0.1) is 0 Å². The second kappa shape index (κ2) is 32.7. The van der Waals surface area contributed by atoms with Crippen LogP contribution in [0.1, 0.15) is 162 Å². The summed E-state index contributed by atoms with van der Waals surface area (Å²) >= 11 is 0. The molecule has 0 aliphatic rings. The first-order valence-electron chi connectivity index (χ1n) is 20.8. The van der Waals surface area contributed by atoms with Gasteiger partial charge in [0.2, 0.25) is 29.5 Å². The van der Waals surface area contributed by atoms with E-state index in [2.05, 4.69) is 38.5 Å². The number of aliphatic hydroxyl groups excluding tert-OH is 2. The molecule has 320 valence electrons. The molecule has 0 heterocycles. The summed E-state index contributed by atoms with van der Waals surface area (Å²) in [4.78, 5) is 68.3. The maximum atomic E-state index is 13.7. The number of rotatable bonds is 35. The molecular weight excluding hydrogens is 706 g/mol. The fourth-order valence-electron chi connectivity index (χ4n) is 6.25. The molecule has 0 radical (unpaired) electrons. The van der Waals surface area contributed by atoms with Gasteiger partial charge in [0, 0.05) is 26.4 Å². The quantitative estimate of drug-likeness (QED) is 0.0194. The van der Waals surface area contributed by atoms with E-state index >= 15 is 0 Å². The third-order valence-corrected chi connectivity index (χ3v) is 9.62. The number of nitrogens with two attached hydrogens (primary N) is 3. The van der Waals surface area contributed by atoms with Crippen molar-refractivity contribution in [1.82, 2.24) is 26.6 Å². The van der Waals surface area contributed by atoms with Crippen LogP contribution in [0.4, 0.5) is 0 Å². The summed E-state index contributed by atoms with van der Waals surface area (Å²) in [6.07, 6.45) is 15.4. The smallest absolute Gasteiger partial charge is 0.243 e. The Morgan fingerprint density at radius 1 is 0.582 bits per heavy atom. The van der Waals surface area contributed by atoms with Gasteiger partial charge in [-0.3, -0.25) is 34.3 Å². The monoisotopic (exact) mass is 784 g/mol. The lowest BCUT2D eigenvalue weighted by molar-refractivity contribution is -0.134. The molecule has 0 bridgehead atoms. The Balaban J connectivity index is 5.49. The zero-order valence-electron chi connectivity index (χ0n) is 34.3. The maximum absolute atomic E-state index is 13.7. The summed E-state index contributed by atoms with van der Waals surface area (Å²) < 4.78 is 0. The van der Waals surface area contributed by atoms with E-state index < -0.39 is 54.2 Å². The maximum Gasteiger partial charge on any atom is 0.243 e. The highest BCUT2D eigenvalue weighted by Crippen LogP contribution is 2.14. The SMILES string of the molecule is CCCCCCCCCCCCCCCC(=O)N[C@@H](CCC(N)=O)C(=O)N[C@@H](CCCCN=C(N)N)C(=O)N[C@@H](C(C)O)C(O)NC(CCCC)C(=O)NC. The molecule has 0 saturated heterocycles. The Morgan fingerprint density at radius 2 is 1.09 bits per heavy atom. The average Bonchev–Trinajstić information content (AvgIpc) is 3.14. The Morgan fingerprint density at radius 3 is 1.60 bits per heavy atom. The first-order chi connectivity index (χ1) is 26.3. The number of unbranched alkanes of at least 4 members (excludes halogenated alkanes) is 14. The molecule has 0 spiro atoms. The molecular formula is C39H77N9O7. The normalized spacial score (nSPS) is 14.4. The minimum absolute atomic E-state index is 0.0675. The lowest BCUT2D eigenvalue weighted by Gasteiger charge is -2.32. The van der Waals surface area contributed by atoms with Crippen molar-refractivity contribution in [3.8, 4) is 0 Å². The predicted molar refractivity (Wildman–Crippen MR) is 217 cm³/mol. The number of primary amides is 1. The van der Waals surface area contributed by atoms with E-state index in [1.807, 2.05) is 6.92 Å². The molecule has 0 saturated carbocycles. The summed E-state index contributed by atoms with van der Waals surface area (Å²) in [6.45, 7) is 5.86. The van der Waals surface area contributed by atoms with Gasteiger partial charge in [-0.2, -0.15) is 0 Å². The fraction of sp³-hybridized carbons (Fsp3) is 0.846. The number of hydrogen-bond donors (Lipinski definition) is 10. The number of aliphatic hydroxyl groups is 2. The number of nitrogens with one attached hydrogen (secondary N) is 5. The van der Waals surface area contributed by atoms with E-state index in [0.717, 1.165) is 25.7 Å². The Hall–Kier alpha value is -3.50. The second-order valence-electron chi connectivity index (χ2n) is 14.7. The standard InChI is InChI=1S/C39H77N9O7/c1-5-7-9-10-11-12-13-14-15-16-17-18-19-24-33(51)45-31(25-26-32(40)50)36(53)46-30(23-20-21-27-44-39(41)42)37(54)48-34(28(3)49)38(55)47-29(22-8-6-2)35(52)43-4/h28-31,34,38,47,49,55H,5-27H2,1-4H3,(H2,40,50)(H,43,52)(H,45,51)(H,46,53)(H,48,54)(H4,41,42,44)/t28?,29?,30-,31-,34-,38?/m0/s1. The molecule has 0 aromatic heterocycles. The molecule has 3 unspecified atom stereocenters. The first-order valence-corrected chi connectivity index (χ1v) is 20.8. The van der Waals surface area contributed by atoms with Gasteiger partial charge in [0.05, 0.1) is 18.2 Å². The molecule has 0 aromatic carbocycles. The molecule has 0 aromatic rings. The van der Waals surface area contributed by atoms with Crippen LogP contribution in [0.2, 0.25) is 0 Å². The van der Waals surface area contributed by atoms with Gasteiger partial charge in [0.15, 0.2) is 5.96 Å². The molecule has 55 heavy (non-hydrogen) atoms. The van der Waals surface area contributed by atoms with Gasteiger partial charge in [-0.1, -0.05) is 104 Å². The number of nitrogens with zero attached hydrogens (tertiary/aromatic N) is 1. The van der Waals surface area contributed by atoms with Crippen molar-refractivity contribution in [2.75, 3.05) is 13.6 Å². The topological polar surface area (TPSA) is 276 Å². The molecule has 5 amide bonds. The molecule has 6 atom stereocenters. The highest BCUT2D eigenvalue weighted by atomic mass is 16.3. The van der Waals surface area contributed by atoms with E-state index in [1.54, 1.807) is 0 Å². The van der Waals surface area contributed by atoms with Crippen LogP contribution in [0.5, 0.6) is 0 Å². The third kappa shape index (κ3) is 26.9. The Labute approximate surface area is 330 Å². The first kappa shape index (κ1) is 51.5. The van der Waals surface area contributed by atoms with Gasteiger partial charge < -0.3 is 48.7 Å². The van der Waals surface area contributed by atoms with Gasteiger partial charge in [0.1, 0.15) is 18.3 Å². The van der Waals surface area contributed by atoms with Gasteiger partial charge >= 0.3 is 0 Å². The highest BCUT2D eigenvalue weighted by Gasteiger charge is 2.33. The molecule has 0 rings (SSSR count). The number of aliphatic imine (C=N–C) groups is 1. The van der Waals surface area contributed by atoms with Crippen LogP contribution in [0.25, 0.3) is 0 Å². The zero-order chi connectivity index (χ0) is 41.4. The number of amides is 5. The fourth-order valence-corrected chi connectivity index (χ4v) is 6.25. The average molecular weight is 784 g/mol. The highest BCUT2D eigenvalue weighted by molar-refractivity contribution is 5.92. The number of carbonyl (C=O) groups is 5. The number of hydrogen-bond acceptors (Lipinski definition) is 9. The summed E-state index contributed by atoms with van der Waals surface area (Å²) in [5.74, 6) is -2.82. The summed E-state index contributed by atoms with van der Waals surface area (Å²) in [5.41, 5.74) is 16.2. The van der Waals surface area contributed by atoms with Crippen LogP contribution >= 0.6 is 0 Å². The van der Waals surface area contributed by atoms with Crippen molar-refractivity contribution >= 4 is 35.5 Å². The Bertz CT molecular complexity index is 1110. The lowest BCUT2D eigenvalue weighted by atomic mass is 10.0. The molecule has 0 fully saturated rings. The minimum atomic E-state index is -1.52. The number of likely N-dealkylation sites (N-methyl/N-ethyl adjacent to an activating group) is 1. The van der Waals surface area contributed by atoms with Crippen molar-refractivity contribution in [2.45, 2.75) is 199 Å². The third-order valence-electron chi connectivity index (χ3n) is 9.62. The van der Waals surface area contributed by atoms with Crippen LogP contribution in [0.15, 0.2) is 4.99 Å². The van der Waals surface area contributed by atoms with E-state index in [-0.39, 0.29) is 43.5 Å². The van der Waals surface area contributed by atoms with Crippen molar-refractivity contribution in [1.29, 1.82) is 0 Å². The van der Waals surface area contributed by atoms with Crippen LogP contribution in [0.3, 0.4) is 0 Å². The number of carbonyl (C=O) groups excluding carboxylic acids is 5. The molecule has 16 nitrogen and oxygen atoms in total. The van der Waals surface area contributed by atoms with Gasteiger partial charge in [0.25, 0.3) is 0 Å². The van der Waals surface area contributed by atoms with Crippen molar-refractivity contribution in [2.24, 2.45) is 22.2 Å². The van der Waals surface area contributed by atoms with E-state index in [1.165, 1.54) is 71.8 Å². The molecule has 0 aliphatic carbocycles. The van der Waals surface area contributed by atoms with Crippen LogP contribution in [-0.4, -0.2) is 95.8 Å². The van der Waals surface area contributed by atoms with Crippen molar-refractivity contribution < 1.29 is 34.2 Å². The second-order valence-corrected chi connectivity index (χ2v) is 14.7. The minimum Gasteiger partial charge on any atom is -0.391 e. The van der Waals surface area contributed by atoms with E-state index in [0.29, 0.717) is 38.6 Å². The summed E-state index contributed by atoms with van der Waals surface area (Å²) in [7, 11) is 1.48. The largest absolute Gasteiger partial charge is 0.391 e. The zero-order valence-corrected chi connectivity index (χ0v) is 34.3. The van der Waals surface area contributed by atoms with Gasteiger partial charge in [-0.05, 0) is 45.4 Å². The molecule has 13 N–H and O–H groups in total. The van der Waals surface area contributed by atoms with E-state index in [4.69, 9.17) is 17.2 Å². The van der Waals surface area contributed by atoms with Gasteiger partial charge in [-0.15, -0.1) is 0 Å². The van der Waals surface area contributed by atoms with E-state index in [9.17, 15) is 34.2 Å². The molecule has 16 heteroatoms. The number of guanidine groups is 1. The lowest BCUT2D eigenvalue weighted by Crippen LogP contribution is -2.62. The predicted octanol–water partition coefficient (Wildman–Crippen LogP) is 2.22. The Kier molecular flexibility index (Phi) is 30.6. The van der Waals surface area contributed by atoms with Gasteiger partial charge in [-0.25, -0.2) is 0 Å². The van der Waals surface area contributed by atoms with Crippen LogP contribution in [-0.2, 0) is 24.0 Å². The van der Waals surface area contributed by atoms with Crippen molar-refractivity contribution in [3.63, 3.8) is 0 Å². The molecule has 0 aliphatic heterocycles. The summed E-state index contributed by atoms with van der Waals surface area (Å²) in [5, 5.41) is 35.0.